The van der Waals surface area contributed by atoms with Crippen LogP contribution in [0.25, 0.3) is 10.9 Å². The van der Waals surface area contributed by atoms with Gasteiger partial charge in [-0.25, -0.2) is 4.79 Å². The summed E-state index contributed by atoms with van der Waals surface area (Å²) >= 11 is 0. The van der Waals surface area contributed by atoms with E-state index in [0.717, 1.165) is 27.8 Å². The maximum atomic E-state index is 12.5. The third-order valence-corrected chi connectivity index (χ3v) is 7.51. The number of aliphatic hydroxyl groups excluding tert-OH is 1. The number of nitrogens with one attached hydrogen (secondary N) is 4. The molecule has 0 radical (unpaired) electrons. The molecule has 0 unspecified atom stereocenters. The first-order valence-corrected chi connectivity index (χ1v) is 14.9. The highest BCUT2D eigenvalue weighted by Crippen LogP contribution is 2.30. The van der Waals surface area contributed by atoms with Crippen molar-refractivity contribution in [1.82, 2.24) is 15.6 Å². The zero-order valence-corrected chi connectivity index (χ0v) is 25.4. The van der Waals surface area contributed by atoms with E-state index in [-0.39, 0.29) is 17.6 Å². The van der Waals surface area contributed by atoms with Gasteiger partial charge in [0.1, 0.15) is 18.1 Å². The highest BCUT2D eigenvalue weighted by molar-refractivity contribution is 5.89. The van der Waals surface area contributed by atoms with Crippen LogP contribution in [0.4, 0.5) is 10.5 Å². The normalized spacial score (nSPS) is 12.3. The summed E-state index contributed by atoms with van der Waals surface area (Å²) in [5.41, 5.74) is 4.63. The van der Waals surface area contributed by atoms with E-state index in [1.165, 1.54) is 6.07 Å². The second kappa shape index (κ2) is 15.1. The zero-order chi connectivity index (χ0) is 31.6. The van der Waals surface area contributed by atoms with Gasteiger partial charge in [0.15, 0.2) is 0 Å². The van der Waals surface area contributed by atoms with E-state index >= 15 is 0 Å². The second-order valence-corrected chi connectivity index (χ2v) is 10.9. The molecule has 0 bridgehead atoms. The molecule has 4 aromatic carbocycles. The van der Waals surface area contributed by atoms with Crippen molar-refractivity contribution in [3.8, 4) is 11.5 Å². The molecular weight excluding hydrogens is 568 g/mol. The number of ether oxygens (including phenoxy) is 2. The Morgan fingerprint density at radius 2 is 1.67 bits per heavy atom. The van der Waals surface area contributed by atoms with Crippen LogP contribution < -0.4 is 31.0 Å². The van der Waals surface area contributed by atoms with Crippen molar-refractivity contribution in [2.45, 2.75) is 38.6 Å². The van der Waals surface area contributed by atoms with Gasteiger partial charge < -0.3 is 35.5 Å². The Morgan fingerprint density at radius 1 is 0.889 bits per heavy atom. The molecule has 2 amide bonds. The van der Waals surface area contributed by atoms with Crippen molar-refractivity contribution < 1.29 is 19.4 Å². The number of aromatic amines is 1. The summed E-state index contributed by atoms with van der Waals surface area (Å²) in [6.07, 6.45) is -0.130. The lowest BCUT2D eigenvalue weighted by molar-refractivity contribution is 0.172. The predicted octanol–water partition coefficient (Wildman–Crippen LogP) is 5.69. The molecule has 0 saturated carbocycles. The van der Waals surface area contributed by atoms with E-state index < -0.39 is 6.10 Å². The lowest BCUT2D eigenvalue weighted by Gasteiger charge is -2.20. The summed E-state index contributed by atoms with van der Waals surface area (Å²) in [6.45, 7) is 3.05. The van der Waals surface area contributed by atoms with Crippen molar-refractivity contribution >= 4 is 22.6 Å². The van der Waals surface area contributed by atoms with Gasteiger partial charge in [-0.3, -0.25) is 4.79 Å². The number of hydrogen-bond acceptors (Lipinski definition) is 6. The van der Waals surface area contributed by atoms with Crippen LogP contribution in [-0.2, 0) is 19.6 Å². The maximum Gasteiger partial charge on any atom is 0.319 e. The quantitative estimate of drug-likeness (QED) is 0.117. The maximum absolute atomic E-state index is 12.5. The average molecular weight is 607 g/mol. The first-order valence-electron chi connectivity index (χ1n) is 14.9. The molecular formula is C36H38N4O5. The van der Waals surface area contributed by atoms with E-state index in [9.17, 15) is 14.7 Å². The van der Waals surface area contributed by atoms with Gasteiger partial charge in [-0.1, -0.05) is 66.7 Å². The van der Waals surface area contributed by atoms with E-state index in [2.05, 4.69) is 20.9 Å². The van der Waals surface area contributed by atoms with Crippen LogP contribution >= 0.6 is 0 Å². The molecule has 0 spiro atoms. The highest BCUT2D eigenvalue weighted by Gasteiger charge is 2.16. The van der Waals surface area contributed by atoms with Gasteiger partial charge in [0.05, 0.1) is 18.7 Å². The van der Waals surface area contributed by atoms with Gasteiger partial charge in [-0.15, -0.1) is 0 Å². The van der Waals surface area contributed by atoms with Crippen LogP contribution in [0.5, 0.6) is 11.5 Å². The van der Waals surface area contributed by atoms with Crippen molar-refractivity contribution in [3.63, 3.8) is 0 Å². The lowest BCUT2D eigenvalue weighted by atomic mass is 10.0. The van der Waals surface area contributed by atoms with Crippen LogP contribution in [0.3, 0.4) is 0 Å². The Labute approximate surface area is 262 Å². The molecule has 5 aromatic rings. The average Bonchev–Trinajstić information content (AvgIpc) is 3.05. The molecule has 0 aliphatic rings. The lowest BCUT2D eigenvalue weighted by Crippen LogP contribution is -2.32. The first-order chi connectivity index (χ1) is 21.9. The van der Waals surface area contributed by atoms with E-state index in [1.54, 1.807) is 19.2 Å². The zero-order valence-electron chi connectivity index (χ0n) is 25.4. The number of rotatable bonds is 13. The number of fused-ring (bicyclic) bond motifs is 1. The number of aromatic nitrogens is 1. The van der Waals surface area contributed by atoms with E-state index in [4.69, 9.17) is 9.47 Å². The standard InChI is InChI=1S/C36H38N4O5/c1-24(19-26-11-8-13-28(20-26)39-36(43)38-21-27-12-6-7-14-32(27)44-2)37-22-31(41)29-15-17-33(35-30(29)16-18-34(42)40-35)45-23-25-9-4-3-5-10-25/h3-18,20,24,31,37,41H,19,21-23H2,1-2H3,(H,40,42)(H2,38,39,43)/t24-,31+/m0/s1. The molecule has 9 heteroatoms. The Bertz CT molecular complexity index is 1790. The predicted molar refractivity (Wildman–Crippen MR) is 177 cm³/mol. The van der Waals surface area contributed by atoms with Gasteiger partial charge in [-0.2, -0.15) is 0 Å². The molecule has 0 aliphatic heterocycles. The molecule has 232 valence electrons. The number of anilines is 1. The summed E-state index contributed by atoms with van der Waals surface area (Å²) in [7, 11) is 1.60. The van der Waals surface area contributed by atoms with Crippen molar-refractivity contribution in [2.75, 3.05) is 19.0 Å². The summed E-state index contributed by atoms with van der Waals surface area (Å²) in [6, 6.07) is 31.6. The fourth-order valence-electron chi connectivity index (χ4n) is 5.22. The molecule has 9 nitrogen and oxygen atoms in total. The first kappa shape index (κ1) is 31.3. The van der Waals surface area contributed by atoms with Crippen LogP contribution in [0.2, 0.25) is 0 Å². The largest absolute Gasteiger partial charge is 0.496 e. The van der Waals surface area contributed by atoms with Gasteiger partial charge >= 0.3 is 6.03 Å². The molecule has 5 rings (SSSR count). The third-order valence-electron chi connectivity index (χ3n) is 7.51. The smallest absolute Gasteiger partial charge is 0.319 e. The van der Waals surface area contributed by atoms with E-state index in [1.807, 2.05) is 91.9 Å². The number of carbonyl (C=O) groups excluding carboxylic acids is 1. The number of H-pyrrole nitrogens is 1. The molecule has 1 aromatic heterocycles. The van der Waals surface area contributed by atoms with Crippen LogP contribution in [0.15, 0.2) is 108 Å². The van der Waals surface area contributed by atoms with Crippen molar-refractivity contribution in [1.29, 1.82) is 0 Å². The van der Waals surface area contributed by atoms with Crippen molar-refractivity contribution in [2.24, 2.45) is 0 Å². The Kier molecular flexibility index (Phi) is 10.5. The molecule has 0 saturated heterocycles. The molecule has 5 N–H and O–H groups in total. The third kappa shape index (κ3) is 8.50. The number of pyridine rings is 1. The Balaban J connectivity index is 1.16. The number of aliphatic hydroxyl groups is 1. The minimum absolute atomic E-state index is 0.0359. The van der Waals surface area contributed by atoms with Gasteiger partial charge in [0, 0.05) is 41.8 Å². The van der Waals surface area contributed by atoms with Gasteiger partial charge in [0.25, 0.3) is 0 Å². The van der Waals surface area contributed by atoms with Gasteiger partial charge in [-0.05, 0) is 60.4 Å². The topological polar surface area (TPSA) is 125 Å². The number of para-hydroxylation sites is 1. The van der Waals surface area contributed by atoms with Crippen molar-refractivity contribution in [3.05, 3.63) is 136 Å². The summed E-state index contributed by atoms with van der Waals surface area (Å²) < 4.78 is 11.4. The molecule has 2 atom stereocenters. The fourth-order valence-corrected chi connectivity index (χ4v) is 5.22. The number of amides is 2. The minimum Gasteiger partial charge on any atom is -0.496 e. The summed E-state index contributed by atoms with van der Waals surface area (Å²) in [4.78, 5) is 27.6. The van der Waals surface area contributed by atoms with Crippen LogP contribution in [0, 0.1) is 0 Å². The number of benzene rings is 4. The van der Waals surface area contributed by atoms with Gasteiger partial charge in [0.2, 0.25) is 5.56 Å². The summed E-state index contributed by atoms with van der Waals surface area (Å²) in [5, 5.41) is 21.0. The monoisotopic (exact) mass is 606 g/mol. The number of carbonyl (C=O) groups is 1. The molecule has 0 fully saturated rings. The molecule has 45 heavy (non-hydrogen) atoms. The second-order valence-electron chi connectivity index (χ2n) is 10.9. The molecule has 0 aliphatic carbocycles. The molecule has 1 heterocycles. The fraction of sp³-hybridized carbons (Fsp3) is 0.222. The van der Waals surface area contributed by atoms with E-state index in [0.29, 0.717) is 48.6 Å². The SMILES string of the molecule is COc1ccccc1CNC(=O)Nc1cccc(C[C@H](C)NC[C@@H](O)c2ccc(OCc3ccccc3)c3[nH]c(=O)ccc23)c1. The summed E-state index contributed by atoms with van der Waals surface area (Å²) in [5.74, 6) is 1.27. The number of hydrogen-bond donors (Lipinski definition) is 5. The number of urea groups is 1. The Morgan fingerprint density at radius 3 is 2.49 bits per heavy atom. The highest BCUT2D eigenvalue weighted by atomic mass is 16.5. The number of methoxy groups -OCH3 is 1. The Hall–Kier alpha value is -5.12. The van der Waals surface area contributed by atoms with Crippen LogP contribution in [-0.4, -0.2) is 35.8 Å². The minimum atomic E-state index is -0.816. The van der Waals surface area contributed by atoms with Crippen LogP contribution in [0.1, 0.15) is 35.3 Å².